The van der Waals surface area contributed by atoms with Crippen molar-refractivity contribution in [2.24, 2.45) is 5.73 Å². The molecular weight excluding hydrogens is 269 g/mol. The first-order valence-corrected chi connectivity index (χ1v) is 4.76. The van der Waals surface area contributed by atoms with Crippen LogP contribution in [0.4, 0.5) is 13.2 Å². The van der Waals surface area contributed by atoms with Crippen LogP contribution in [-0.4, -0.2) is 15.2 Å². The summed E-state index contributed by atoms with van der Waals surface area (Å²) in [6.07, 6.45) is -3.13. The van der Waals surface area contributed by atoms with Crippen molar-refractivity contribution in [1.82, 2.24) is 15.2 Å². The first-order valence-electron chi connectivity index (χ1n) is 4.76. The van der Waals surface area contributed by atoms with Crippen LogP contribution in [0.1, 0.15) is 23.0 Å². The monoisotopic (exact) mass is 278 g/mol. The Bertz CT molecular complexity index is 498. The molecular formula is C10H10ClF3N4. The largest absolute Gasteiger partial charge is 0.416 e. The third-order valence-corrected chi connectivity index (χ3v) is 2.30. The average molecular weight is 279 g/mol. The fourth-order valence-corrected chi connectivity index (χ4v) is 1.43. The zero-order valence-corrected chi connectivity index (χ0v) is 9.79. The lowest BCUT2D eigenvalue weighted by Gasteiger charge is -2.12. The van der Waals surface area contributed by atoms with Gasteiger partial charge >= 0.3 is 6.18 Å². The second-order valence-electron chi connectivity index (χ2n) is 3.47. The lowest BCUT2D eigenvalue weighted by Crippen LogP contribution is -2.15. The van der Waals surface area contributed by atoms with Crippen LogP contribution in [0, 0.1) is 0 Å². The molecule has 0 saturated carbocycles. The molecule has 0 aliphatic rings. The number of H-pyrrole nitrogens is 1. The van der Waals surface area contributed by atoms with Gasteiger partial charge in [0.25, 0.3) is 0 Å². The molecule has 1 unspecified atom stereocenters. The van der Waals surface area contributed by atoms with Crippen LogP contribution in [0.25, 0.3) is 0 Å². The molecule has 0 radical (unpaired) electrons. The summed E-state index contributed by atoms with van der Waals surface area (Å²) >= 11 is 0. The molecule has 3 N–H and O–H groups in total. The van der Waals surface area contributed by atoms with Crippen LogP contribution in [0.2, 0.25) is 0 Å². The van der Waals surface area contributed by atoms with Crippen LogP contribution < -0.4 is 5.73 Å². The predicted molar refractivity (Wildman–Crippen MR) is 61.1 cm³/mol. The Morgan fingerprint density at radius 2 is 2.00 bits per heavy atom. The summed E-state index contributed by atoms with van der Waals surface area (Å²) < 4.78 is 37.5. The van der Waals surface area contributed by atoms with Gasteiger partial charge in [0.1, 0.15) is 12.2 Å². The maximum absolute atomic E-state index is 12.5. The van der Waals surface area contributed by atoms with Crippen molar-refractivity contribution in [1.29, 1.82) is 0 Å². The molecule has 0 aliphatic heterocycles. The second kappa shape index (κ2) is 5.36. The third kappa shape index (κ3) is 2.99. The average Bonchev–Trinajstić information content (AvgIpc) is 2.80. The number of benzene rings is 1. The number of nitrogens with zero attached hydrogens (tertiary/aromatic N) is 2. The van der Waals surface area contributed by atoms with Crippen molar-refractivity contribution in [3.63, 3.8) is 0 Å². The van der Waals surface area contributed by atoms with Gasteiger partial charge in [-0.1, -0.05) is 12.1 Å². The molecule has 0 saturated heterocycles. The summed E-state index contributed by atoms with van der Waals surface area (Å²) in [5.74, 6) is 0.323. The van der Waals surface area contributed by atoms with Crippen molar-refractivity contribution in [3.05, 3.63) is 47.5 Å². The summed E-state index contributed by atoms with van der Waals surface area (Å²) in [7, 11) is 0. The molecule has 0 fully saturated rings. The SMILES string of the molecule is Cl.NC(c1cccc(C(F)(F)F)c1)c1ncn[nH]1. The minimum Gasteiger partial charge on any atom is -0.318 e. The van der Waals surface area contributed by atoms with Gasteiger partial charge < -0.3 is 5.73 Å². The van der Waals surface area contributed by atoms with Crippen molar-refractivity contribution in [3.8, 4) is 0 Å². The fourth-order valence-electron chi connectivity index (χ4n) is 1.43. The van der Waals surface area contributed by atoms with Crippen LogP contribution in [0.5, 0.6) is 0 Å². The minimum absolute atomic E-state index is 0. The molecule has 0 bridgehead atoms. The Balaban J connectivity index is 0.00000162. The standard InChI is InChI=1S/C10H9F3N4.ClH/c11-10(12,13)7-3-1-2-6(4-7)8(14)9-15-5-16-17-9;/h1-5,8H,14H2,(H,15,16,17);1H. The number of hydrogen-bond donors (Lipinski definition) is 2. The molecule has 18 heavy (non-hydrogen) atoms. The highest BCUT2D eigenvalue weighted by Gasteiger charge is 2.30. The lowest BCUT2D eigenvalue weighted by atomic mass is 10.0. The summed E-state index contributed by atoms with van der Waals surface area (Å²) in [5.41, 5.74) is 5.37. The first kappa shape index (κ1) is 14.5. The molecule has 1 aromatic carbocycles. The maximum Gasteiger partial charge on any atom is 0.416 e. The normalized spacial score (nSPS) is 12.9. The molecule has 1 atom stereocenters. The Morgan fingerprint density at radius 1 is 1.28 bits per heavy atom. The Kier molecular flexibility index (Phi) is 4.31. The van der Waals surface area contributed by atoms with E-state index in [1.807, 2.05) is 0 Å². The highest BCUT2D eigenvalue weighted by atomic mass is 35.5. The predicted octanol–water partition coefficient (Wildman–Crippen LogP) is 2.29. The maximum atomic E-state index is 12.5. The summed E-state index contributed by atoms with van der Waals surface area (Å²) in [4.78, 5) is 3.81. The molecule has 4 nitrogen and oxygen atoms in total. The van der Waals surface area contributed by atoms with Crippen molar-refractivity contribution >= 4 is 12.4 Å². The van der Waals surface area contributed by atoms with Crippen LogP contribution in [-0.2, 0) is 6.18 Å². The number of aromatic amines is 1. The van der Waals surface area contributed by atoms with Gasteiger partial charge in [0.15, 0.2) is 0 Å². The fraction of sp³-hybridized carbons (Fsp3) is 0.200. The van der Waals surface area contributed by atoms with Gasteiger partial charge in [-0.2, -0.15) is 18.3 Å². The molecule has 0 aliphatic carbocycles. The topological polar surface area (TPSA) is 67.6 Å². The Labute approximate surface area is 107 Å². The first-order chi connectivity index (χ1) is 7.98. The van der Waals surface area contributed by atoms with E-state index < -0.39 is 17.8 Å². The van der Waals surface area contributed by atoms with E-state index in [9.17, 15) is 13.2 Å². The van der Waals surface area contributed by atoms with Crippen LogP contribution >= 0.6 is 12.4 Å². The number of halogens is 4. The summed E-state index contributed by atoms with van der Waals surface area (Å²) in [5, 5.41) is 6.13. The Morgan fingerprint density at radius 3 is 2.56 bits per heavy atom. The quantitative estimate of drug-likeness (QED) is 0.886. The number of nitrogens with one attached hydrogen (secondary N) is 1. The highest BCUT2D eigenvalue weighted by Crippen LogP contribution is 2.30. The molecule has 0 spiro atoms. The minimum atomic E-state index is -4.38. The molecule has 2 rings (SSSR count). The van der Waals surface area contributed by atoms with Gasteiger partial charge in [0.2, 0.25) is 0 Å². The molecule has 0 amide bonds. The number of nitrogens with two attached hydrogens (primary N) is 1. The molecule has 1 aromatic heterocycles. The van der Waals surface area contributed by atoms with E-state index in [0.717, 1.165) is 12.1 Å². The number of hydrogen-bond acceptors (Lipinski definition) is 3. The van der Waals surface area contributed by atoms with Gasteiger partial charge in [-0.3, -0.25) is 5.10 Å². The van der Waals surface area contributed by atoms with E-state index in [0.29, 0.717) is 11.4 Å². The van der Waals surface area contributed by atoms with Crippen molar-refractivity contribution < 1.29 is 13.2 Å². The van der Waals surface area contributed by atoms with Gasteiger partial charge in [-0.15, -0.1) is 12.4 Å². The van der Waals surface area contributed by atoms with E-state index in [2.05, 4.69) is 15.2 Å². The van der Waals surface area contributed by atoms with E-state index in [4.69, 9.17) is 5.73 Å². The van der Waals surface area contributed by atoms with Crippen LogP contribution in [0.15, 0.2) is 30.6 Å². The van der Waals surface area contributed by atoms with E-state index in [1.165, 1.54) is 18.5 Å². The molecule has 8 heteroatoms. The van der Waals surface area contributed by atoms with E-state index in [-0.39, 0.29) is 12.4 Å². The zero-order valence-electron chi connectivity index (χ0n) is 8.98. The summed E-state index contributed by atoms with van der Waals surface area (Å²) in [6, 6.07) is 4.08. The van der Waals surface area contributed by atoms with Crippen molar-refractivity contribution in [2.75, 3.05) is 0 Å². The molecule has 1 heterocycles. The smallest absolute Gasteiger partial charge is 0.318 e. The molecule has 2 aromatic rings. The van der Waals surface area contributed by atoms with E-state index >= 15 is 0 Å². The van der Waals surface area contributed by atoms with Gasteiger partial charge in [-0.25, -0.2) is 4.98 Å². The van der Waals surface area contributed by atoms with Gasteiger partial charge in [0, 0.05) is 0 Å². The highest BCUT2D eigenvalue weighted by molar-refractivity contribution is 5.85. The van der Waals surface area contributed by atoms with Crippen LogP contribution in [0.3, 0.4) is 0 Å². The lowest BCUT2D eigenvalue weighted by molar-refractivity contribution is -0.137. The number of aromatic nitrogens is 3. The number of rotatable bonds is 2. The molecule has 98 valence electrons. The van der Waals surface area contributed by atoms with E-state index in [1.54, 1.807) is 0 Å². The van der Waals surface area contributed by atoms with Gasteiger partial charge in [0.05, 0.1) is 11.6 Å². The summed E-state index contributed by atoms with van der Waals surface area (Å²) in [6.45, 7) is 0. The third-order valence-electron chi connectivity index (χ3n) is 2.30. The second-order valence-corrected chi connectivity index (χ2v) is 3.47. The van der Waals surface area contributed by atoms with Crippen molar-refractivity contribution in [2.45, 2.75) is 12.2 Å². The van der Waals surface area contributed by atoms with Gasteiger partial charge in [-0.05, 0) is 17.7 Å². The number of alkyl halides is 3. The zero-order chi connectivity index (χ0) is 12.5. The Hall–Kier alpha value is -1.60.